The molecule has 41 heavy (non-hydrogen) atoms. The Balaban J connectivity index is 1.70. The molecule has 2 aliphatic rings. The average Bonchev–Trinajstić information content (AvgIpc) is 3.11. The van der Waals surface area contributed by atoms with E-state index < -0.39 is 17.3 Å². The maximum atomic E-state index is 15.1. The highest BCUT2D eigenvalue weighted by Gasteiger charge is 2.35. The number of anilines is 1. The van der Waals surface area contributed by atoms with Crippen molar-refractivity contribution in [1.29, 1.82) is 0 Å². The molecule has 3 atom stereocenters. The predicted octanol–water partition coefficient (Wildman–Crippen LogP) is 4.32. The van der Waals surface area contributed by atoms with Crippen molar-refractivity contribution in [2.45, 2.75) is 43.5 Å². The highest BCUT2D eigenvalue weighted by Crippen LogP contribution is 2.46. The molecule has 3 aromatic rings. The van der Waals surface area contributed by atoms with Gasteiger partial charge < -0.3 is 19.9 Å². The van der Waals surface area contributed by atoms with E-state index in [0.717, 1.165) is 6.07 Å². The zero-order chi connectivity index (χ0) is 29.4. The molecule has 0 bridgehead atoms. The summed E-state index contributed by atoms with van der Waals surface area (Å²) in [5.41, 5.74) is 0.659. The SMILES string of the molecule is C=CC(=O)N1[C@H](C)CN(c2nc(=O)n3c4c(c(-c5ccc(F)cc5F)c(Cl)cc24)SCC(OCCNC)C3)C[C@@H]1C. The van der Waals surface area contributed by atoms with Crippen molar-refractivity contribution in [3.8, 4) is 11.1 Å². The lowest BCUT2D eigenvalue weighted by atomic mass is 10.0. The number of hydrogen-bond donors (Lipinski definition) is 1. The second-order valence-corrected chi connectivity index (χ2v) is 11.8. The Hall–Kier alpha value is -2.99. The van der Waals surface area contributed by atoms with Crippen LogP contribution >= 0.6 is 23.4 Å². The maximum Gasteiger partial charge on any atom is 0.350 e. The van der Waals surface area contributed by atoms with E-state index >= 15 is 4.39 Å². The van der Waals surface area contributed by atoms with Gasteiger partial charge in [-0.2, -0.15) is 4.98 Å². The fraction of sp³-hybridized carbons (Fsp3) is 0.414. The van der Waals surface area contributed by atoms with Gasteiger partial charge in [-0.1, -0.05) is 18.2 Å². The van der Waals surface area contributed by atoms with Gasteiger partial charge in [0.1, 0.15) is 17.5 Å². The van der Waals surface area contributed by atoms with E-state index in [-0.39, 0.29) is 41.2 Å². The Labute approximate surface area is 246 Å². The average molecular weight is 604 g/mol. The van der Waals surface area contributed by atoms with Crippen molar-refractivity contribution in [2.24, 2.45) is 0 Å². The zero-order valence-corrected chi connectivity index (χ0v) is 24.7. The number of benzene rings is 2. The van der Waals surface area contributed by atoms with Gasteiger partial charge in [0.2, 0.25) is 5.91 Å². The molecule has 0 spiro atoms. The van der Waals surface area contributed by atoms with Crippen LogP contribution in [0.1, 0.15) is 13.8 Å². The van der Waals surface area contributed by atoms with Crippen LogP contribution in [0, 0.1) is 11.6 Å². The van der Waals surface area contributed by atoms with Crippen molar-refractivity contribution < 1.29 is 18.3 Å². The summed E-state index contributed by atoms with van der Waals surface area (Å²) in [6.07, 6.45) is 0.994. The minimum absolute atomic E-state index is 0.145. The predicted molar refractivity (Wildman–Crippen MR) is 159 cm³/mol. The first kappa shape index (κ1) is 29.5. The van der Waals surface area contributed by atoms with Gasteiger partial charge in [-0.05, 0) is 45.2 Å². The molecule has 0 aliphatic carbocycles. The third kappa shape index (κ3) is 5.60. The number of likely N-dealkylation sites (N-methyl/N-ethyl adjacent to an activating group) is 1. The standard InChI is InChI=1S/C29H32ClF2N5O3S/c1-5-24(38)37-16(2)12-35(13-17(37)3)28-21-11-22(30)25(20-7-6-18(31)10-23(20)32)27-26(21)36(29(39)34-28)14-19(15-41-27)40-9-8-33-4/h5-7,10-11,16-17,19,33H,1,8-9,12-15H2,2-4H3/t16-,17+,19?. The summed E-state index contributed by atoms with van der Waals surface area (Å²) in [5, 5.41) is 3.95. The fourth-order valence-corrected chi connectivity index (χ4v) is 7.39. The Kier molecular flexibility index (Phi) is 8.70. The molecule has 8 nitrogen and oxygen atoms in total. The lowest BCUT2D eigenvalue weighted by Gasteiger charge is -2.44. The lowest BCUT2D eigenvalue weighted by Crippen LogP contribution is -2.58. The van der Waals surface area contributed by atoms with Crippen LogP contribution in [0.5, 0.6) is 0 Å². The van der Waals surface area contributed by atoms with Gasteiger partial charge in [-0.3, -0.25) is 9.36 Å². The number of nitrogens with zero attached hydrogens (tertiary/aromatic N) is 4. The summed E-state index contributed by atoms with van der Waals surface area (Å²) >= 11 is 8.31. The third-order valence-corrected chi connectivity index (χ3v) is 9.03. The van der Waals surface area contributed by atoms with Crippen molar-refractivity contribution in [2.75, 3.05) is 43.9 Å². The van der Waals surface area contributed by atoms with Crippen molar-refractivity contribution >= 4 is 46.0 Å². The molecule has 12 heteroatoms. The molecule has 1 aromatic heterocycles. The monoisotopic (exact) mass is 603 g/mol. The van der Waals surface area contributed by atoms with Crippen LogP contribution in [0.3, 0.4) is 0 Å². The highest BCUT2D eigenvalue weighted by molar-refractivity contribution is 7.99. The molecule has 1 saturated heterocycles. The summed E-state index contributed by atoms with van der Waals surface area (Å²) in [6.45, 7) is 9.75. The number of hydrogen-bond acceptors (Lipinski definition) is 7. The molecular weight excluding hydrogens is 572 g/mol. The quantitative estimate of drug-likeness (QED) is 0.318. The highest BCUT2D eigenvalue weighted by atomic mass is 35.5. The van der Waals surface area contributed by atoms with Gasteiger partial charge in [-0.15, -0.1) is 11.8 Å². The van der Waals surface area contributed by atoms with E-state index in [2.05, 4.69) is 16.9 Å². The van der Waals surface area contributed by atoms with E-state index in [1.165, 1.54) is 30.0 Å². The fourth-order valence-electron chi connectivity index (χ4n) is 5.75. The first-order valence-electron chi connectivity index (χ1n) is 13.5. The number of amides is 1. The number of piperazine rings is 1. The number of halogens is 3. The van der Waals surface area contributed by atoms with E-state index in [4.69, 9.17) is 16.3 Å². The van der Waals surface area contributed by atoms with Crippen molar-refractivity contribution in [1.82, 2.24) is 19.8 Å². The number of carbonyl (C=O) groups excluding carboxylic acids is 1. The Bertz CT molecular complexity index is 1560. The van der Waals surface area contributed by atoms with Crippen LogP contribution in [0.15, 0.2) is 46.6 Å². The molecule has 218 valence electrons. The topological polar surface area (TPSA) is 79.7 Å². The van der Waals surface area contributed by atoms with Crippen molar-refractivity contribution in [3.05, 3.63) is 64.1 Å². The first-order chi connectivity index (χ1) is 19.6. The zero-order valence-electron chi connectivity index (χ0n) is 23.1. The molecule has 1 fully saturated rings. The third-order valence-electron chi connectivity index (χ3n) is 7.50. The second kappa shape index (κ2) is 12.1. The molecule has 0 saturated carbocycles. The van der Waals surface area contributed by atoms with Crippen LogP contribution < -0.4 is 15.9 Å². The Morgan fingerprint density at radius 1 is 1.24 bits per heavy atom. The molecule has 5 rings (SSSR count). The van der Waals surface area contributed by atoms with E-state index in [1.807, 2.05) is 25.8 Å². The second-order valence-electron chi connectivity index (χ2n) is 10.4. The van der Waals surface area contributed by atoms with Crippen LogP contribution in [-0.2, 0) is 16.1 Å². The van der Waals surface area contributed by atoms with Gasteiger partial charge in [0.15, 0.2) is 0 Å². The number of thioether (sulfide) groups is 1. The molecule has 1 amide bonds. The number of nitrogens with one attached hydrogen (secondary N) is 1. The molecule has 1 unspecified atom stereocenters. The van der Waals surface area contributed by atoms with E-state index in [1.54, 1.807) is 15.5 Å². The van der Waals surface area contributed by atoms with Gasteiger partial charge >= 0.3 is 5.69 Å². The van der Waals surface area contributed by atoms with Gasteiger partial charge in [0.05, 0.1) is 29.8 Å². The summed E-state index contributed by atoms with van der Waals surface area (Å²) in [4.78, 5) is 35.1. The van der Waals surface area contributed by atoms with Gasteiger partial charge in [0, 0.05) is 64.9 Å². The van der Waals surface area contributed by atoms with Crippen LogP contribution in [0.25, 0.3) is 22.0 Å². The molecule has 2 aromatic carbocycles. The first-order valence-corrected chi connectivity index (χ1v) is 14.8. The van der Waals surface area contributed by atoms with Gasteiger partial charge in [-0.25, -0.2) is 13.6 Å². The number of carbonyl (C=O) groups is 1. The van der Waals surface area contributed by atoms with Crippen molar-refractivity contribution in [3.63, 3.8) is 0 Å². The minimum atomic E-state index is -0.747. The largest absolute Gasteiger partial charge is 0.374 e. The molecule has 0 radical (unpaired) electrons. The van der Waals surface area contributed by atoms with Crippen LogP contribution in [0.4, 0.5) is 14.6 Å². The minimum Gasteiger partial charge on any atom is -0.374 e. The lowest BCUT2D eigenvalue weighted by molar-refractivity contribution is -0.130. The molecule has 1 N–H and O–H groups in total. The smallest absolute Gasteiger partial charge is 0.350 e. The molecule has 3 heterocycles. The Morgan fingerprint density at radius 2 is 1.98 bits per heavy atom. The number of aromatic nitrogens is 2. The molecular formula is C29H32ClF2N5O3S. The molecule has 2 aliphatic heterocycles. The van der Waals surface area contributed by atoms with E-state index in [9.17, 15) is 14.0 Å². The summed E-state index contributed by atoms with van der Waals surface area (Å²) in [5.74, 6) is -0.652. The number of ether oxygens (including phenoxy) is 1. The Morgan fingerprint density at radius 3 is 2.63 bits per heavy atom. The normalized spacial score (nSPS) is 20.8. The van der Waals surface area contributed by atoms with Crippen LogP contribution in [0.2, 0.25) is 5.02 Å². The summed E-state index contributed by atoms with van der Waals surface area (Å²) < 4.78 is 36.6. The maximum absolute atomic E-state index is 15.1. The van der Waals surface area contributed by atoms with Gasteiger partial charge in [0.25, 0.3) is 0 Å². The summed E-state index contributed by atoms with van der Waals surface area (Å²) in [6, 6.07) is 4.75. The summed E-state index contributed by atoms with van der Waals surface area (Å²) in [7, 11) is 1.83. The number of rotatable bonds is 7. The van der Waals surface area contributed by atoms with Crippen LogP contribution in [-0.4, -0.2) is 77.6 Å². The van der Waals surface area contributed by atoms with E-state index in [0.29, 0.717) is 59.2 Å².